The molecule has 0 saturated heterocycles. The van der Waals surface area contributed by atoms with Gasteiger partial charge in [-0.3, -0.25) is 4.72 Å². The van der Waals surface area contributed by atoms with Crippen LogP contribution in [0.4, 0.5) is 15.8 Å². The first-order valence-electron chi connectivity index (χ1n) is 5.32. The molecule has 0 spiro atoms. The predicted octanol–water partition coefficient (Wildman–Crippen LogP) is 3.47. The zero-order chi connectivity index (χ0) is 14.9. The summed E-state index contributed by atoms with van der Waals surface area (Å²) in [6.45, 7) is 0. The molecule has 0 aliphatic carbocycles. The molecule has 2 aromatic carbocycles. The lowest BCUT2D eigenvalue weighted by molar-refractivity contribution is 0.601. The van der Waals surface area contributed by atoms with Crippen LogP contribution in [0.3, 0.4) is 0 Å². The molecule has 0 unspecified atom stereocenters. The summed E-state index contributed by atoms with van der Waals surface area (Å²) >= 11 is 7.72. The van der Waals surface area contributed by atoms with Crippen LogP contribution in [0.15, 0.2) is 41.3 Å². The molecule has 0 aromatic heterocycles. The van der Waals surface area contributed by atoms with Gasteiger partial charge >= 0.3 is 0 Å². The van der Waals surface area contributed by atoms with Crippen molar-refractivity contribution in [2.24, 2.45) is 0 Å². The number of nitrogens with one attached hydrogen (secondary N) is 1. The second-order valence-corrected chi connectivity index (χ2v) is 7.14. The van der Waals surface area contributed by atoms with Crippen molar-refractivity contribution in [3.63, 3.8) is 0 Å². The Balaban J connectivity index is 2.41. The maximum absolute atomic E-state index is 13.0. The van der Waals surface area contributed by atoms with Crippen LogP contribution in [0.1, 0.15) is 0 Å². The van der Waals surface area contributed by atoms with E-state index in [0.717, 1.165) is 0 Å². The minimum atomic E-state index is -3.86. The normalized spacial score (nSPS) is 11.3. The smallest absolute Gasteiger partial charge is 0.263 e. The summed E-state index contributed by atoms with van der Waals surface area (Å²) < 4.78 is 40.3. The fourth-order valence-corrected chi connectivity index (χ4v) is 3.94. The number of nitrogens with two attached hydrogens (primary N) is 1. The third-order valence-electron chi connectivity index (χ3n) is 2.42. The lowest BCUT2D eigenvalue weighted by Gasteiger charge is -2.11. The highest BCUT2D eigenvalue weighted by molar-refractivity contribution is 14.1. The number of anilines is 2. The minimum Gasteiger partial charge on any atom is -0.399 e. The van der Waals surface area contributed by atoms with Gasteiger partial charge in [0.25, 0.3) is 10.0 Å². The van der Waals surface area contributed by atoms with Crippen molar-refractivity contribution in [1.82, 2.24) is 0 Å². The fraction of sp³-hybridized carbons (Fsp3) is 0. The highest BCUT2D eigenvalue weighted by Crippen LogP contribution is 2.27. The van der Waals surface area contributed by atoms with Gasteiger partial charge in [-0.25, -0.2) is 12.8 Å². The Morgan fingerprint density at radius 1 is 1.20 bits per heavy atom. The summed E-state index contributed by atoms with van der Waals surface area (Å²) in [5.41, 5.74) is 6.17. The highest BCUT2D eigenvalue weighted by atomic mass is 127. The van der Waals surface area contributed by atoms with E-state index in [2.05, 4.69) is 4.72 Å². The molecular formula is C12H9ClFIN2O2S. The van der Waals surface area contributed by atoms with E-state index in [4.69, 9.17) is 17.3 Å². The molecule has 0 amide bonds. The first kappa shape index (κ1) is 15.3. The van der Waals surface area contributed by atoms with Crippen LogP contribution in [-0.4, -0.2) is 8.42 Å². The Morgan fingerprint density at radius 3 is 2.50 bits per heavy atom. The average Bonchev–Trinajstić information content (AvgIpc) is 2.32. The second kappa shape index (κ2) is 5.74. The van der Waals surface area contributed by atoms with Crippen molar-refractivity contribution >= 4 is 55.6 Å². The van der Waals surface area contributed by atoms with Crippen molar-refractivity contribution in [1.29, 1.82) is 0 Å². The summed E-state index contributed by atoms with van der Waals surface area (Å²) in [7, 11) is -3.86. The Kier molecular flexibility index (Phi) is 4.40. The molecule has 8 heteroatoms. The van der Waals surface area contributed by atoms with Gasteiger partial charge in [0.15, 0.2) is 0 Å². The van der Waals surface area contributed by atoms with E-state index in [-0.39, 0.29) is 15.6 Å². The van der Waals surface area contributed by atoms with Gasteiger partial charge in [-0.05, 0) is 59.0 Å². The van der Waals surface area contributed by atoms with Crippen LogP contribution >= 0.6 is 34.2 Å². The van der Waals surface area contributed by atoms with Crippen LogP contribution < -0.4 is 10.5 Å². The number of halogens is 3. The standard InChI is InChI=1S/C12H9ClFIN2O2S/c13-9-6-8(16)2-4-12(9)20(18,19)17-11-3-1-7(14)5-10(11)15/h1-6,17H,16H2. The molecule has 0 heterocycles. The molecule has 3 N–H and O–H groups in total. The maximum atomic E-state index is 13.0. The van der Waals surface area contributed by atoms with Crippen molar-refractivity contribution in [2.45, 2.75) is 4.90 Å². The molecule has 2 aromatic rings. The lowest BCUT2D eigenvalue weighted by atomic mass is 10.3. The topological polar surface area (TPSA) is 72.2 Å². The quantitative estimate of drug-likeness (QED) is 0.583. The molecule has 0 aliphatic rings. The summed E-state index contributed by atoms with van der Waals surface area (Å²) in [5.74, 6) is -0.442. The zero-order valence-corrected chi connectivity index (χ0v) is 13.6. The zero-order valence-electron chi connectivity index (χ0n) is 9.90. The van der Waals surface area contributed by atoms with E-state index >= 15 is 0 Å². The molecule has 0 fully saturated rings. The highest BCUT2D eigenvalue weighted by Gasteiger charge is 2.19. The summed E-state index contributed by atoms with van der Waals surface area (Å²) in [6, 6.07) is 7.85. The third-order valence-corrected chi connectivity index (χ3v) is 5.16. The van der Waals surface area contributed by atoms with Crippen LogP contribution in [0.5, 0.6) is 0 Å². The van der Waals surface area contributed by atoms with Gasteiger partial charge in [0.2, 0.25) is 0 Å². The largest absolute Gasteiger partial charge is 0.399 e. The molecule has 0 atom stereocenters. The van der Waals surface area contributed by atoms with Gasteiger partial charge in [-0.15, -0.1) is 0 Å². The van der Waals surface area contributed by atoms with Gasteiger partial charge in [-0.2, -0.15) is 0 Å². The third kappa shape index (κ3) is 3.33. The Morgan fingerprint density at radius 2 is 1.90 bits per heavy atom. The van der Waals surface area contributed by atoms with Crippen molar-refractivity contribution in [3.05, 3.63) is 50.8 Å². The molecule has 20 heavy (non-hydrogen) atoms. The number of rotatable bonds is 3. The molecule has 0 radical (unpaired) electrons. The molecule has 0 saturated carbocycles. The molecule has 4 nitrogen and oxygen atoms in total. The van der Waals surface area contributed by atoms with Gasteiger partial charge in [0.05, 0.1) is 10.7 Å². The minimum absolute atomic E-state index is 0.0228. The Hall–Kier alpha value is -1.06. The lowest BCUT2D eigenvalue weighted by Crippen LogP contribution is -2.14. The van der Waals surface area contributed by atoms with E-state index in [1.807, 2.05) is 22.6 Å². The first-order chi connectivity index (χ1) is 9.29. The molecule has 0 aliphatic heterocycles. The summed E-state index contributed by atoms with van der Waals surface area (Å²) in [5, 5.41) is 0.0228. The van der Waals surface area contributed by atoms with E-state index < -0.39 is 15.8 Å². The molecular weight excluding hydrogens is 418 g/mol. The van der Waals surface area contributed by atoms with Gasteiger partial charge in [0, 0.05) is 9.26 Å². The van der Waals surface area contributed by atoms with Crippen LogP contribution in [-0.2, 0) is 10.0 Å². The van der Waals surface area contributed by atoms with Crippen molar-refractivity contribution in [2.75, 3.05) is 10.5 Å². The van der Waals surface area contributed by atoms with E-state index in [1.165, 1.54) is 36.4 Å². The van der Waals surface area contributed by atoms with Gasteiger partial charge in [-0.1, -0.05) is 11.6 Å². The Labute approximate surface area is 134 Å². The number of hydrogen-bond donors (Lipinski definition) is 2. The average molecular weight is 427 g/mol. The summed E-state index contributed by atoms with van der Waals surface area (Å²) in [6.07, 6.45) is 0. The fourth-order valence-electron chi connectivity index (χ4n) is 1.51. The van der Waals surface area contributed by atoms with E-state index in [1.54, 1.807) is 0 Å². The van der Waals surface area contributed by atoms with Crippen molar-refractivity contribution < 1.29 is 12.8 Å². The maximum Gasteiger partial charge on any atom is 0.263 e. The monoisotopic (exact) mass is 426 g/mol. The van der Waals surface area contributed by atoms with E-state index in [0.29, 0.717) is 9.26 Å². The second-order valence-electron chi connectivity index (χ2n) is 3.92. The number of sulfonamides is 1. The molecule has 0 bridgehead atoms. The number of benzene rings is 2. The SMILES string of the molecule is Nc1ccc(S(=O)(=O)Nc2ccc(F)cc2I)c(Cl)c1. The van der Waals surface area contributed by atoms with Gasteiger partial charge in [0.1, 0.15) is 10.7 Å². The predicted molar refractivity (Wildman–Crippen MR) is 85.8 cm³/mol. The van der Waals surface area contributed by atoms with E-state index in [9.17, 15) is 12.8 Å². The number of nitrogen functional groups attached to an aromatic ring is 1. The van der Waals surface area contributed by atoms with Crippen molar-refractivity contribution in [3.8, 4) is 0 Å². The summed E-state index contributed by atoms with van der Waals surface area (Å²) in [4.78, 5) is -0.0894. The van der Waals surface area contributed by atoms with Gasteiger partial charge < -0.3 is 5.73 Å². The van der Waals surface area contributed by atoms with Crippen LogP contribution in [0.2, 0.25) is 5.02 Å². The molecule has 2 rings (SSSR count). The van der Waals surface area contributed by atoms with Crippen LogP contribution in [0.25, 0.3) is 0 Å². The molecule has 106 valence electrons. The number of hydrogen-bond acceptors (Lipinski definition) is 3. The first-order valence-corrected chi connectivity index (χ1v) is 8.26. The van der Waals surface area contributed by atoms with Crippen LogP contribution in [0, 0.1) is 9.39 Å². The Bertz CT molecular complexity index is 768.